The van der Waals surface area contributed by atoms with Crippen molar-refractivity contribution in [2.75, 3.05) is 31.2 Å². The summed E-state index contributed by atoms with van der Waals surface area (Å²) in [5.41, 5.74) is 3.56. The number of carbonyl (C=O) groups excluding carboxylic acids is 1. The molecule has 148 valence electrons. The number of rotatable bonds is 3. The van der Waals surface area contributed by atoms with Gasteiger partial charge in [-0.3, -0.25) is 4.79 Å². The van der Waals surface area contributed by atoms with E-state index < -0.39 is 0 Å². The van der Waals surface area contributed by atoms with Crippen molar-refractivity contribution in [1.29, 1.82) is 5.26 Å². The zero-order valence-corrected chi connectivity index (χ0v) is 17.0. The van der Waals surface area contributed by atoms with Gasteiger partial charge in [0.2, 0.25) is 5.91 Å². The van der Waals surface area contributed by atoms with Crippen molar-refractivity contribution >= 4 is 29.1 Å². The van der Waals surface area contributed by atoms with Gasteiger partial charge in [0.05, 0.1) is 30.0 Å². The molecule has 0 saturated carbocycles. The number of ether oxygens (including phenoxy) is 1. The van der Waals surface area contributed by atoms with Gasteiger partial charge in [-0.15, -0.1) is 0 Å². The van der Waals surface area contributed by atoms with E-state index in [1.807, 2.05) is 30.3 Å². The highest BCUT2D eigenvalue weighted by molar-refractivity contribution is 8.06. The third kappa shape index (κ3) is 5.50. The fraction of sp³-hybridized carbons (Fsp3) is 0.217. The maximum atomic E-state index is 11.0. The highest BCUT2D eigenvalue weighted by atomic mass is 32.2. The van der Waals surface area contributed by atoms with Gasteiger partial charge < -0.3 is 14.5 Å². The van der Waals surface area contributed by atoms with Crippen molar-refractivity contribution in [2.24, 2.45) is 0 Å². The van der Waals surface area contributed by atoms with E-state index in [0.717, 1.165) is 10.7 Å². The molecule has 0 radical (unpaired) electrons. The molecule has 4 rings (SSSR count). The molecule has 2 heterocycles. The maximum absolute atomic E-state index is 11.0. The number of nitrogens with zero attached hydrogens (tertiary/aromatic N) is 3. The second-order valence-electron chi connectivity index (χ2n) is 6.38. The molecular formula is C23H23N3O2S. The molecule has 0 N–H and O–H groups in total. The lowest BCUT2D eigenvalue weighted by molar-refractivity contribution is -0.134. The van der Waals surface area contributed by atoms with E-state index in [4.69, 9.17) is 10.00 Å². The first kappa shape index (κ1) is 20.7. The van der Waals surface area contributed by atoms with Crippen LogP contribution in [0.2, 0.25) is 0 Å². The van der Waals surface area contributed by atoms with E-state index in [-0.39, 0.29) is 12.3 Å². The van der Waals surface area contributed by atoms with Crippen molar-refractivity contribution in [2.45, 2.75) is 6.42 Å². The molecular weight excluding hydrogens is 382 g/mol. The molecule has 0 unspecified atom stereocenters. The standard InChI is InChI=1S/C16H13NS.C7H10N2O2/c1-13-17(15-10-6-3-7-11-15)16(12-18-13)14-8-4-2-5-9-14;8-2-1-7(10)9-3-5-11-6-4-9/h2-12H,1H2;1,3-6H2. The van der Waals surface area contributed by atoms with E-state index in [1.54, 1.807) is 16.7 Å². The molecule has 0 bridgehead atoms. The van der Waals surface area contributed by atoms with Gasteiger partial charge in [-0.25, -0.2) is 0 Å². The molecule has 1 amide bonds. The lowest BCUT2D eigenvalue weighted by atomic mass is 10.1. The second kappa shape index (κ2) is 10.5. The molecule has 29 heavy (non-hydrogen) atoms. The van der Waals surface area contributed by atoms with Crippen LogP contribution in [0.5, 0.6) is 0 Å². The Kier molecular flexibility index (Phi) is 7.51. The number of nitriles is 1. The largest absolute Gasteiger partial charge is 0.378 e. The van der Waals surface area contributed by atoms with Gasteiger partial charge in [0.15, 0.2) is 0 Å². The second-order valence-corrected chi connectivity index (χ2v) is 7.32. The summed E-state index contributed by atoms with van der Waals surface area (Å²) < 4.78 is 5.05. The number of amides is 1. The van der Waals surface area contributed by atoms with Crippen LogP contribution in [0.15, 0.2) is 77.7 Å². The minimum absolute atomic E-state index is 0.0139. The van der Waals surface area contributed by atoms with Gasteiger partial charge in [0.1, 0.15) is 6.42 Å². The van der Waals surface area contributed by atoms with Crippen LogP contribution in [-0.4, -0.2) is 37.1 Å². The van der Waals surface area contributed by atoms with Crippen LogP contribution in [0.4, 0.5) is 5.69 Å². The van der Waals surface area contributed by atoms with Crippen LogP contribution in [0, 0.1) is 11.3 Å². The number of hydrogen-bond donors (Lipinski definition) is 0. The quantitative estimate of drug-likeness (QED) is 0.754. The van der Waals surface area contributed by atoms with Crippen molar-refractivity contribution in [3.05, 3.63) is 83.2 Å². The minimum atomic E-state index is -0.0872. The summed E-state index contributed by atoms with van der Waals surface area (Å²) in [6, 6.07) is 22.6. The van der Waals surface area contributed by atoms with Gasteiger partial charge in [-0.05, 0) is 17.7 Å². The molecule has 1 saturated heterocycles. The van der Waals surface area contributed by atoms with Crippen LogP contribution in [0.3, 0.4) is 0 Å². The van der Waals surface area contributed by atoms with Gasteiger partial charge in [-0.2, -0.15) is 5.26 Å². The molecule has 1 fully saturated rings. The van der Waals surface area contributed by atoms with Crippen LogP contribution in [0.25, 0.3) is 5.70 Å². The Morgan fingerprint density at radius 2 is 1.69 bits per heavy atom. The molecule has 2 aliphatic rings. The first-order valence-electron chi connectivity index (χ1n) is 9.39. The Hall–Kier alpha value is -3.01. The topological polar surface area (TPSA) is 56.6 Å². The summed E-state index contributed by atoms with van der Waals surface area (Å²) in [4.78, 5) is 14.9. The van der Waals surface area contributed by atoms with Gasteiger partial charge >= 0.3 is 0 Å². The molecule has 6 heteroatoms. The Bertz CT molecular complexity index is 901. The van der Waals surface area contributed by atoms with Gasteiger partial charge in [-0.1, -0.05) is 66.9 Å². The lowest BCUT2D eigenvalue weighted by Crippen LogP contribution is -2.40. The average molecular weight is 406 g/mol. The smallest absolute Gasteiger partial charge is 0.236 e. The van der Waals surface area contributed by atoms with E-state index >= 15 is 0 Å². The first-order valence-corrected chi connectivity index (χ1v) is 10.3. The maximum Gasteiger partial charge on any atom is 0.236 e. The number of morpholine rings is 1. The Labute approximate surface area is 175 Å². The number of thioether (sulfide) groups is 1. The van der Waals surface area contributed by atoms with Crippen molar-refractivity contribution in [3.8, 4) is 6.07 Å². The molecule has 2 aromatic rings. The van der Waals surface area contributed by atoms with Gasteiger partial charge in [0.25, 0.3) is 0 Å². The summed E-state index contributed by atoms with van der Waals surface area (Å²) in [7, 11) is 0. The van der Waals surface area contributed by atoms with E-state index in [2.05, 4.69) is 53.3 Å². The number of anilines is 1. The fourth-order valence-electron chi connectivity index (χ4n) is 3.02. The third-order valence-corrected chi connectivity index (χ3v) is 5.27. The Morgan fingerprint density at radius 3 is 2.31 bits per heavy atom. The number of para-hydroxylation sites is 1. The number of hydrogen-bond acceptors (Lipinski definition) is 5. The zero-order valence-electron chi connectivity index (χ0n) is 16.2. The molecule has 0 atom stereocenters. The highest BCUT2D eigenvalue weighted by Crippen LogP contribution is 2.41. The summed E-state index contributed by atoms with van der Waals surface area (Å²) in [5, 5.41) is 11.4. The van der Waals surface area contributed by atoms with Crippen LogP contribution >= 0.6 is 11.8 Å². The molecule has 5 nitrogen and oxygen atoms in total. The van der Waals surface area contributed by atoms with Crippen LogP contribution in [-0.2, 0) is 9.53 Å². The lowest BCUT2D eigenvalue weighted by Gasteiger charge is -2.25. The molecule has 0 spiro atoms. The molecule has 0 aromatic heterocycles. The highest BCUT2D eigenvalue weighted by Gasteiger charge is 2.22. The fourth-order valence-corrected chi connectivity index (χ4v) is 3.82. The first-order chi connectivity index (χ1) is 14.2. The Balaban J connectivity index is 0.000000188. The van der Waals surface area contributed by atoms with Crippen molar-refractivity contribution in [1.82, 2.24) is 4.90 Å². The summed E-state index contributed by atoms with van der Waals surface area (Å²) in [5.74, 6) is -0.0872. The molecule has 0 aliphatic carbocycles. The normalized spacial score (nSPS) is 15.8. The van der Waals surface area contributed by atoms with Crippen molar-refractivity contribution in [3.63, 3.8) is 0 Å². The van der Waals surface area contributed by atoms with Crippen LogP contribution in [0.1, 0.15) is 12.0 Å². The number of carbonyl (C=O) groups is 1. The monoisotopic (exact) mass is 405 g/mol. The molecule has 2 aromatic carbocycles. The average Bonchev–Trinajstić information content (AvgIpc) is 3.17. The number of benzene rings is 2. The summed E-state index contributed by atoms with van der Waals surface area (Å²) in [6.07, 6.45) is -0.0139. The van der Waals surface area contributed by atoms with E-state index in [9.17, 15) is 4.79 Å². The summed E-state index contributed by atoms with van der Waals surface area (Å²) >= 11 is 1.67. The summed E-state index contributed by atoms with van der Waals surface area (Å²) in [6.45, 7) is 6.56. The predicted molar refractivity (Wildman–Crippen MR) is 118 cm³/mol. The molecule has 2 aliphatic heterocycles. The van der Waals surface area contributed by atoms with Crippen LogP contribution < -0.4 is 4.90 Å². The zero-order chi connectivity index (χ0) is 20.5. The van der Waals surface area contributed by atoms with Crippen molar-refractivity contribution < 1.29 is 9.53 Å². The third-order valence-electron chi connectivity index (χ3n) is 4.47. The van der Waals surface area contributed by atoms with Gasteiger partial charge in [0, 0.05) is 24.2 Å². The van der Waals surface area contributed by atoms with E-state index in [1.165, 1.54) is 11.3 Å². The predicted octanol–water partition coefficient (Wildman–Crippen LogP) is 4.47. The minimum Gasteiger partial charge on any atom is -0.378 e. The van der Waals surface area contributed by atoms with E-state index in [0.29, 0.717) is 26.3 Å². The Morgan fingerprint density at radius 1 is 1.07 bits per heavy atom. The SMILES string of the molecule is C=C1SC=C(c2ccccc2)N1c1ccccc1.N#CCC(=O)N1CCOCC1.